The molecule has 3 rings (SSSR count). The summed E-state index contributed by atoms with van der Waals surface area (Å²) in [6, 6.07) is 11.5. The first-order valence-electron chi connectivity index (χ1n) is 6.16. The number of para-hydroxylation sites is 1. The molecule has 0 fully saturated rings. The highest BCUT2D eigenvalue weighted by molar-refractivity contribution is 7.92. The number of halogens is 1. The molecule has 0 amide bonds. The second-order valence-electron chi connectivity index (χ2n) is 4.59. The molecule has 3 aromatic rings. The predicted molar refractivity (Wildman–Crippen MR) is 83.0 cm³/mol. The minimum Gasteiger partial charge on any atom is -0.334 e. The quantitative estimate of drug-likeness (QED) is 0.806. The van der Waals surface area contributed by atoms with Gasteiger partial charge in [-0.1, -0.05) is 23.7 Å². The molecule has 2 aromatic carbocycles. The van der Waals surface area contributed by atoms with Crippen LogP contribution in [-0.2, 0) is 17.1 Å². The molecule has 0 radical (unpaired) electrons. The topological polar surface area (TPSA) is 64.0 Å². The molecule has 21 heavy (non-hydrogen) atoms. The van der Waals surface area contributed by atoms with E-state index in [4.69, 9.17) is 11.6 Å². The van der Waals surface area contributed by atoms with E-state index >= 15 is 0 Å². The molecule has 5 nitrogen and oxygen atoms in total. The molecule has 0 saturated carbocycles. The second kappa shape index (κ2) is 5.05. The van der Waals surface area contributed by atoms with Crippen molar-refractivity contribution in [2.75, 3.05) is 4.72 Å². The van der Waals surface area contributed by atoms with E-state index in [-0.39, 0.29) is 4.90 Å². The van der Waals surface area contributed by atoms with Crippen LogP contribution < -0.4 is 4.72 Å². The maximum absolute atomic E-state index is 12.4. The van der Waals surface area contributed by atoms with Crippen molar-refractivity contribution < 1.29 is 8.42 Å². The van der Waals surface area contributed by atoms with Crippen LogP contribution in [0.2, 0.25) is 5.02 Å². The fraction of sp³-hybridized carbons (Fsp3) is 0.0714. The lowest BCUT2D eigenvalue weighted by atomic mass is 10.3. The van der Waals surface area contributed by atoms with Crippen LogP contribution in [-0.4, -0.2) is 18.0 Å². The lowest BCUT2D eigenvalue weighted by Gasteiger charge is -2.09. The van der Waals surface area contributed by atoms with E-state index in [0.717, 1.165) is 5.52 Å². The van der Waals surface area contributed by atoms with Gasteiger partial charge in [-0.3, -0.25) is 4.72 Å². The molecule has 0 aliphatic rings. The van der Waals surface area contributed by atoms with Crippen molar-refractivity contribution in [1.29, 1.82) is 0 Å². The molecule has 1 N–H and O–H groups in total. The van der Waals surface area contributed by atoms with Gasteiger partial charge in [0.2, 0.25) is 0 Å². The smallest absolute Gasteiger partial charge is 0.262 e. The minimum absolute atomic E-state index is 0.147. The molecule has 0 saturated heterocycles. The van der Waals surface area contributed by atoms with Gasteiger partial charge in [-0.15, -0.1) is 0 Å². The number of hydrogen-bond acceptors (Lipinski definition) is 3. The number of fused-ring (bicyclic) bond motifs is 1. The summed E-state index contributed by atoms with van der Waals surface area (Å²) in [4.78, 5) is 4.31. The van der Waals surface area contributed by atoms with Gasteiger partial charge in [-0.2, -0.15) is 0 Å². The van der Waals surface area contributed by atoms with Crippen LogP contribution in [0.1, 0.15) is 0 Å². The van der Waals surface area contributed by atoms with E-state index in [1.54, 1.807) is 42.7 Å². The molecule has 0 spiro atoms. The third-order valence-corrected chi connectivity index (χ3v) is 4.82. The molecule has 1 heterocycles. The molecule has 0 aliphatic carbocycles. The first-order valence-corrected chi connectivity index (χ1v) is 8.02. The van der Waals surface area contributed by atoms with E-state index in [1.807, 2.05) is 11.6 Å². The van der Waals surface area contributed by atoms with Gasteiger partial charge >= 0.3 is 0 Å². The summed E-state index contributed by atoms with van der Waals surface area (Å²) < 4.78 is 29.1. The van der Waals surface area contributed by atoms with Gasteiger partial charge in [0.25, 0.3) is 10.0 Å². The lowest BCUT2D eigenvalue weighted by molar-refractivity contribution is 0.601. The standard InChI is InChI=1S/C14H12ClN3O2S/c1-18-9-16-13-8-10(6-7-14(13)18)21(19,20)17-12-5-3-2-4-11(12)15/h2-9,17H,1H3. The average Bonchev–Trinajstić information content (AvgIpc) is 2.82. The Bertz CT molecular complexity index is 919. The second-order valence-corrected chi connectivity index (χ2v) is 6.68. The van der Waals surface area contributed by atoms with Crippen LogP contribution in [0.3, 0.4) is 0 Å². The fourth-order valence-electron chi connectivity index (χ4n) is 2.03. The van der Waals surface area contributed by atoms with Gasteiger partial charge in [0, 0.05) is 7.05 Å². The number of aryl methyl sites for hydroxylation is 1. The van der Waals surface area contributed by atoms with Crippen molar-refractivity contribution >= 4 is 38.3 Å². The molecule has 1 aromatic heterocycles. The Balaban J connectivity index is 2.02. The maximum Gasteiger partial charge on any atom is 0.262 e. The molecule has 0 aliphatic heterocycles. The Morgan fingerprint density at radius 1 is 1.19 bits per heavy atom. The first-order chi connectivity index (χ1) is 9.97. The van der Waals surface area contributed by atoms with Crippen LogP contribution >= 0.6 is 11.6 Å². The first kappa shape index (κ1) is 13.9. The van der Waals surface area contributed by atoms with Gasteiger partial charge in [0.15, 0.2) is 0 Å². The Labute approximate surface area is 127 Å². The number of nitrogens with one attached hydrogen (secondary N) is 1. The van der Waals surface area contributed by atoms with Crippen LogP contribution in [0.4, 0.5) is 5.69 Å². The number of hydrogen-bond donors (Lipinski definition) is 1. The zero-order chi connectivity index (χ0) is 15.0. The van der Waals surface area contributed by atoms with E-state index in [2.05, 4.69) is 9.71 Å². The van der Waals surface area contributed by atoms with Crippen LogP contribution in [0.15, 0.2) is 53.7 Å². The van der Waals surface area contributed by atoms with Crippen LogP contribution in [0, 0.1) is 0 Å². The number of rotatable bonds is 3. The van der Waals surface area contributed by atoms with Crippen molar-refractivity contribution in [1.82, 2.24) is 9.55 Å². The summed E-state index contributed by atoms with van der Waals surface area (Å²) in [5.41, 5.74) is 1.84. The molecular formula is C14H12ClN3O2S. The highest BCUT2D eigenvalue weighted by Crippen LogP contribution is 2.25. The lowest BCUT2D eigenvalue weighted by Crippen LogP contribution is -2.13. The van der Waals surface area contributed by atoms with E-state index < -0.39 is 10.0 Å². The number of sulfonamides is 1. The molecule has 7 heteroatoms. The number of imidazole rings is 1. The minimum atomic E-state index is -3.70. The van der Waals surface area contributed by atoms with Gasteiger partial charge in [0.05, 0.1) is 33.0 Å². The molecule has 0 bridgehead atoms. The maximum atomic E-state index is 12.4. The van der Waals surface area contributed by atoms with Gasteiger partial charge in [-0.05, 0) is 30.3 Å². The summed E-state index contributed by atoms with van der Waals surface area (Å²) in [6.45, 7) is 0. The van der Waals surface area contributed by atoms with E-state index in [0.29, 0.717) is 16.2 Å². The Kier molecular flexibility index (Phi) is 3.35. The van der Waals surface area contributed by atoms with Gasteiger partial charge < -0.3 is 4.57 Å². The third kappa shape index (κ3) is 2.59. The van der Waals surface area contributed by atoms with Crippen LogP contribution in [0.25, 0.3) is 11.0 Å². The van der Waals surface area contributed by atoms with Crippen molar-refractivity contribution in [3.8, 4) is 0 Å². The van der Waals surface area contributed by atoms with Crippen molar-refractivity contribution in [2.24, 2.45) is 7.05 Å². The van der Waals surface area contributed by atoms with E-state index in [1.165, 1.54) is 6.07 Å². The molecule has 108 valence electrons. The normalized spacial score (nSPS) is 11.7. The summed E-state index contributed by atoms with van der Waals surface area (Å²) in [5.74, 6) is 0. The highest BCUT2D eigenvalue weighted by Gasteiger charge is 2.16. The monoisotopic (exact) mass is 321 g/mol. The third-order valence-electron chi connectivity index (χ3n) is 3.13. The number of nitrogens with zero attached hydrogens (tertiary/aromatic N) is 2. The summed E-state index contributed by atoms with van der Waals surface area (Å²) in [5, 5.41) is 0.347. The van der Waals surface area contributed by atoms with E-state index in [9.17, 15) is 8.42 Å². The summed E-state index contributed by atoms with van der Waals surface area (Å²) >= 11 is 5.97. The predicted octanol–water partition coefficient (Wildman–Crippen LogP) is 3.03. The molecular weight excluding hydrogens is 310 g/mol. The van der Waals surface area contributed by atoms with Gasteiger partial charge in [0.1, 0.15) is 0 Å². The van der Waals surface area contributed by atoms with Gasteiger partial charge in [-0.25, -0.2) is 13.4 Å². The summed E-state index contributed by atoms with van der Waals surface area (Å²) in [6.07, 6.45) is 1.64. The summed E-state index contributed by atoms with van der Waals surface area (Å²) in [7, 11) is -1.85. The Morgan fingerprint density at radius 2 is 1.95 bits per heavy atom. The largest absolute Gasteiger partial charge is 0.334 e. The zero-order valence-electron chi connectivity index (χ0n) is 11.1. The SMILES string of the molecule is Cn1cnc2cc(S(=O)(=O)Nc3ccccc3Cl)ccc21. The number of anilines is 1. The highest BCUT2D eigenvalue weighted by atomic mass is 35.5. The molecule has 0 unspecified atom stereocenters. The Morgan fingerprint density at radius 3 is 2.71 bits per heavy atom. The fourth-order valence-corrected chi connectivity index (χ4v) is 3.37. The molecule has 0 atom stereocenters. The number of benzene rings is 2. The average molecular weight is 322 g/mol. The van der Waals surface area contributed by atoms with Crippen molar-refractivity contribution in [3.63, 3.8) is 0 Å². The number of aromatic nitrogens is 2. The zero-order valence-corrected chi connectivity index (χ0v) is 12.7. The van der Waals surface area contributed by atoms with Crippen molar-refractivity contribution in [2.45, 2.75) is 4.90 Å². The Hall–Kier alpha value is -2.05. The van der Waals surface area contributed by atoms with Crippen molar-refractivity contribution in [3.05, 3.63) is 53.8 Å². The van der Waals surface area contributed by atoms with Crippen LogP contribution in [0.5, 0.6) is 0 Å².